The lowest BCUT2D eigenvalue weighted by molar-refractivity contribution is 0.0696. The molecule has 1 fully saturated rings. The van der Waals surface area contributed by atoms with Crippen LogP contribution in [0.3, 0.4) is 0 Å². The van der Waals surface area contributed by atoms with Crippen LogP contribution >= 0.6 is 0 Å². The van der Waals surface area contributed by atoms with E-state index in [1.54, 1.807) is 7.11 Å². The fraction of sp³-hybridized carbons (Fsp3) is 0.400. The van der Waals surface area contributed by atoms with Gasteiger partial charge in [-0.1, -0.05) is 81.4 Å². The number of aliphatic hydroxyl groups excluding tert-OH is 1. The van der Waals surface area contributed by atoms with Crippen LogP contribution in [-0.4, -0.2) is 47.1 Å². The summed E-state index contributed by atoms with van der Waals surface area (Å²) >= 11 is 0. The maximum Gasteiger partial charge on any atom is 0.261 e. The van der Waals surface area contributed by atoms with Gasteiger partial charge in [-0.3, -0.25) is 0 Å². The second-order valence-corrected chi connectivity index (χ2v) is 15.1. The van der Waals surface area contributed by atoms with Crippen LogP contribution in [0.5, 0.6) is 17.2 Å². The van der Waals surface area contributed by atoms with Crippen LogP contribution in [-0.2, 0) is 9.16 Å². The van der Waals surface area contributed by atoms with E-state index in [1.807, 2.05) is 24.3 Å². The monoisotopic (exact) mass is 520 g/mol. The van der Waals surface area contributed by atoms with Gasteiger partial charge in [0.05, 0.1) is 19.8 Å². The van der Waals surface area contributed by atoms with Crippen molar-refractivity contribution in [2.75, 3.05) is 33.7 Å². The van der Waals surface area contributed by atoms with Crippen LogP contribution < -0.4 is 24.6 Å². The van der Waals surface area contributed by atoms with Crippen molar-refractivity contribution in [3.63, 3.8) is 0 Å². The highest BCUT2D eigenvalue weighted by atomic mass is 28.4. The second-order valence-electron chi connectivity index (χ2n) is 10.8. The normalized spacial score (nSPS) is 21.3. The molecule has 2 aliphatic rings. The average Bonchev–Trinajstić information content (AvgIpc) is 3.54. The van der Waals surface area contributed by atoms with Gasteiger partial charge in [-0.25, -0.2) is 0 Å². The van der Waals surface area contributed by atoms with E-state index < -0.39 is 8.32 Å². The number of aliphatic hydroxyl groups is 1. The summed E-state index contributed by atoms with van der Waals surface area (Å²) in [6.45, 7) is 7.97. The SMILES string of the molecule is COc1cc2c(cc1[C@H]1OC[C@H](CO[Si](c3ccccc3)(c3ccccc3)C(C)(C)C)[C@@H]1CO)OCO2. The maximum absolute atomic E-state index is 10.5. The third kappa shape index (κ3) is 4.65. The minimum absolute atomic E-state index is 0.0168. The standard InChI is InChI=1S/C30H36O6Si/c1-30(2,3)37(22-11-7-5-8-12-22,23-13-9-6-10-14-23)36-19-21-18-33-29(25(21)17-31)24-15-27-28(35-20-34-27)16-26(24)32-4/h5-16,21,25,29,31H,17-20H2,1-4H3/t21-,25+,29-/m1/s1. The first-order chi connectivity index (χ1) is 17.9. The Morgan fingerprint density at radius 1 is 0.919 bits per heavy atom. The summed E-state index contributed by atoms with van der Waals surface area (Å²) in [6.07, 6.45) is -0.331. The molecular weight excluding hydrogens is 484 g/mol. The minimum Gasteiger partial charge on any atom is -0.496 e. The molecule has 7 heteroatoms. The fourth-order valence-electron chi connectivity index (χ4n) is 5.79. The summed E-state index contributed by atoms with van der Waals surface area (Å²) < 4.78 is 30.3. The van der Waals surface area contributed by atoms with E-state index in [1.165, 1.54) is 10.4 Å². The molecule has 0 unspecified atom stereocenters. The number of hydrogen-bond donors (Lipinski definition) is 1. The third-order valence-corrected chi connectivity index (χ3v) is 12.7. The fourth-order valence-corrected chi connectivity index (χ4v) is 10.4. The molecule has 3 atom stereocenters. The molecule has 1 N–H and O–H groups in total. The van der Waals surface area contributed by atoms with Crippen molar-refractivity contribution in [2.24, 2.45) is 11.8 Å². The predicted molar refractivity (Wildman–Crippen MR) is 145 cm³/mol. The zero-order valence-corrected chi connectivity index (χ0v) is 23.0. The van der Waals surface area contributed by atoms with Gasteiger partial charge < -0.3 is 28.5 Å². The number of hydrogen-bond acceptors (Lipinski definition) is 6. The quantitative estimate of drug-likeness (QED) is 0.447. The van der Waals surface area contributed by atoms with E-state index in [9.17, 15) is 5.11 Å². The van der Waals surface area contributed by atoms with E-state index >= 15 is 0 Å². The molecular formula is C30H36O6Si. The summed E-state index contributed by atoms with van der Waals surface area (Å²) in [5.41, 5.74) is 0.860. The first-order valence-corrected chi connectivity index (χ1v) is 14.7. The molecule has 2 heterocycles. The molecule has 1 saturated heterocycles. The molecule has 3 aromatic carbocycles. The Bertz CT molecular complexity index is 1150. The highest BCUT2D eigenvalue weighted by Crippen LogP contribution is 2.47. The summed E-state index contributed by atoms with van der Waals surface area (Å²) in [6, 6.07) is 25.0. The molecule has 0 aromatic heterocycles. The summed E-state index contributed by atoms with van der Waals surface area (Å²) in [4.78, 5) is 0. The van der Waals surface area contributed by atoms with Gasteiger partial charge in [0.1, 0.15) is 5.75 Å². The van der Waals surface area contributed by atoms with Crippen LogP contribution in [0.15, 0.2) is 72.8 Å². The van der Waals surface area contributed by atoms with E-state index in [0.29, 0.717) is 30.5 Å². The molecule has 3 aromatic rings. The summed E-state index contributed by atoms with van der Waals surface area (Å²) in [5.74, 6) is 1.87. The Hall–Kier alpha value is -2.84. The molecule has 5 rings (SSSR count). The van der Waals surface area contributed by atoms with Crippen LogP contribution in [0.25, 0.3) is 0 Å². The van der Waals surface area contributed by atoms with Crippen molar-refractivity contribution < 1.29 is 28.5 Å². The molecule has 0 saturated carbocycles. The second kappa shape index (κ2) is 10.5. The lowest BCUT2D eigenvalue weighted by atomic mass is 9.88. The van der Waals surface area contributed by atoms with Crippen LogP contribution in [0.4, 0.5) is 0 Å². The van der Waals surface area contributed by atoms with Gasteiger partial charge in [-0.2, -0.15) is 0 Å². The largest absolute Gasteiger partial charge is 0.496 e. The van der Waals surface area contributed by atoms with Gasteiger partial charge in [0.15, 0.2) is 11.5 Å². The van der Waals surface area contributed by atoms with E-state index in [-0.39, 0.29) is 36.4 Å². The summed E-state index contributed by atoms with van der Waals surface area (Å²) in [7, 11) is -1.06. The van der Waals surface area contributed by atoms with Crippen LogP contribution in [0.2, 0.25) is 5.04 Å². The molecule has 0 bridgehead atoms. The molecule has 0 amide bonds. The maximum atomic E-state index is 10.5. The Balaban J connectivity index is 1.46. The third-order valence-electron chi connectivity index (χ3n) is 7.66. The first-order valence-electron chi connectivity index (χ1n) is 12.8. The highest BCUT2D eigenvalue weighted by molar-refractivity contribution is 6.99. The molecule has 6 nitrogen and oxygen atoms in total. The van der Waals surface area contributed by atoms with Crippen molar-refractivity contribution >= 4 is 18.7 Å². The number of rotatable bonds is 8. The average molecular weight is 521 g/mol. The molecule has 0 aliphatic carbocycles. The Kier molecular flexibility index (Phi) is 7.32. The first kappa shape index (κ1) is 25.8. The van der Waals surface area contributed by atoms with Gasteiger partial charge in [-0.05, 0) is 21.5 Å². The van der Waals surface area contributed by atoms with Crippen molar-refractivity contribution in [2.45, 2.75) is 31.9 Å². The van der Waals surface area contributed by atoms with Gasteiger partial charge >= 0.3 is 0 Å². The van der Waals surface area contributed by atoms with Gasteiger partial charge in [-0.15, -0.1) is 0 Å². The lowest BCUT2D eigenvalue weighted by Gasteiger charge is -2.43. The molecule has 0 spiro atoms. The van der Waals surface area contributed by atoms with Crippen LogP contribution in [0, 0.1) is 11.8 Å². The molecule has 2 aliphatic heterocycles. The van der Waals surface area contributed by atoms with E-state index in [0.717, 1.165) is 5.56 Å². The van der Waals surface area contributed by atoms with Crippen molar-refractivity contribution in [1.29, 1.82) is 0 Å². The number of ether oxygens (including phenoxy) is 4. The van der Waals surface area contributed by atoms with E-state index in [4.69, 9.17) is 23.4 Å². The molecule has 0 radical (unpaired) electrons. The number of methoxy groups -OCH3 is 1. The van der Waals surface area contributed by atoms with E-state index in [2.05, 4.69) is 69.3 Å². The van der Waals surface area contributed by atoms with Crippen molar-refractivity contribution in [3.05, 3.63) is 78.4 Å². The van der Waals surface area contributed by atoms with Gasteiger partial charge in [0.25, 0.3) is 8.32 Å². The van der Waals surface area contributed by atoms with Crippen molar-refractivity contribution in [1.82, 2.24) is 0 Å². The topological polar surface area (TPSA) is 66.4 Å². The Labute approximate surface area is 220 Å². The Morgan fingerprint density at radius 3 is 2.05 bits per heavy atom. The van der Waals surface area contributed by atoms with Gasteiger partial charge in [0.2, 0.25) is 6.79 Å². The lowest BCUT2D eigenvalue weighted by Crippen LogP contribution is -2.67. The van der Waals surface area contributed by atoms with Gasteiger partial charge in [0, 0.05) is 36.7 Å². The summed E-state index contributed by atoms with van der Waals surface area (Å²) in [5, 5.41) is 12.9. The highest BCUT2D eigenvalue weighted by Gasteiger charge is 2.51. The Morgan fingerprint density at radius 2 is 1.51 bits per heavy atom. The van der Waals surface area contributed by atoms with Crippen molar-refractivity contribution in [3.8, 4) is 17.2 Å². The zero-order valence-electron chi connectivity index (χ0n) is 22.0. The smallest absolute Gasteiger partial charge is 0.261 e. The minimum atomic E-state index is -2.69. The zero-order chi connectivity index (χ0) is 26.0. The van der Waals surface area contributed by atoms with Crippen LogP contribution in [0.1, 0.15) is 32.4 Å². The number of fused-ring (bicyclic) bond motifs is 1. The molecule has 37 heavy (non-hydrogen) atoms. The predicted octanol–water partition coefficient (Wildman–Crippen LogP) is 4.30. The number of benzene rings is 3. The molecule has 196 valence electrons.